The number of carbonyl (C=O) groups excluding carboxylic acids is 4. The number of ketones is 1. The van der Waals surface area contributed by atoms with Crippen LogP contribution in [0.1, 0.15) is 44.7 Å². The molecule has 0 aliphatic rings. The van der Waals surface area contributed by atoms with Crippen LogP contribution in [0.25, 0.3) is 0 Å². The van der Waals surface area contributed by atoms with Gasteiger partial charge in [-0.05, 0) is 76.7 Å². The van der Waals surface area contributed by atoms with Gasteiger partial charge in [0.2, 0.25) is 11.7 Å². The molecule has 0 saturated carbocycles. The van der Waals surface area contributed by atoms with Gasteiger partial charge in [0.25, 0.3) is 5.91 Å². The summed E-state index contributed by atoms with van der Waals surface area (Å²) in [7, 11) is 3.04. The van der Waals surface area contributed by atoms with Crippen molar-refractivity contribution in [2.24, 2.45) is 5.92 Å². The van der Waals surface area contributed by atoms with Crippen molar-refractivity contribution >= 4 is 46.2 Å². The monoisotopic (exact) mass is 652 g/mol. The first-order chi connectivity index (χ1) is 18.6. The van der Waals surface area contributed by atoms with E-state index >= 15 is 0 Å². The fraction of sp³-hybridized carbons (Fsp3) is 0.429. The van der Waals surface area contributed by atoms with E-state index in [0.29, 0.717) is 30.0 Å². The van der Waals surface area contributed by atoms with Crippen LogP contribution in [0.3, 0.4) is 0 Å². The molecule has 0 saturated heterocycles. The summed E-state index contributed by atoms with van der Waals surface area (Å²) in [6.07, 6.45) is 0.565. The van der Waals surface area contributed by atoms with Gasteiger partial charge in [0.05, 0.1) is 20.3 Å². The minimum Gasteiger partial charge on any atom is -0.497 e. The van der Waals surface area contributed by atoms with Crippen LogP contribution in [-0.4, -0.2) is 49.9 Å². The van der Waals surface area contributed by atoms with E-state index in [1.807, 2.05) is 38.1 Å². The first kappa shape index (κ1) is 31.9. The Bertz CT molecular complexity index is 1120. The summed E-state index contributed by atoms with van der Waals surface area (Å²) in [5, 5.41) is 10.7. The molecule has 0 unspecified atom stereocenters. The number of carbonyl (C=O) groups is 4. The molecule has 2 rings (SSSR count). The van der Waals surface area contributed by atoms with E-state index in [4.69, 9.17) is 9.47 Å². The van der Waals surface area contributed by atoms with Crippen molar-refractivity contribution in [2.75, 3.05) is 14.2 Å². The van der Waals surface area contributed by atoms with E-state index < -0.39 is 35.7 Å². The standard InChI is InChI=1S/C28H37IN4O6/c1-6-23(25(34)27(36)30-16-19-12-21(38-4)14-22(13-19)39-5)32-26(35)24(11-17(2)3)33-28(37)31-15-18-7-9-20(29)10-8-18/h7-10,12-14,17,23-24H,6,11,15-16H2,1-5H3,(H,30,36)(H,32,35)(H2,31,33,37)/t23-,24-/m0/s1. The maximum Gasteiger partial charge on any atom is 0.315 e. The Morgan fingerprint density at radius 2 is 1.41 bits per heavy atom. The summed E-state index contributed by atoms with van der Waals surface area (Å²) in [5.74, 6) is -0.931. The zero-order valence-corrected chi connectivity index (χ0v) is 25.1. The summed E-state index contributed by atoms with van der Waals surface area (Å²) in [6.45, 7) is 5.92. The number of urea groups is 1. The first-order valence-corrected chi connectivity index (χ1v) is 13.8. The smallest absolute Gasteiger partial charge is 0.315 e. The average molecular weight is 653 g/mol. The second-order valence-electron chi connectivity index (χ2n) is 9.37. The Kier molecular flexibility index (Phi) is 13.0. The van der Waals surface area contributed by atoms with Gasteiger partial charge in [-0.15, -0.1) is 0 Å². The van der Waals surface area contributed by atoms with E-state index in [1.165, 1.54) is 14.2 Å². The van der Waals surface area contributed by atoms with Crippen molar-refractivity contribution in [3.05, 3.63) is 57.2 Å². The first-order valence-electron chi connectivity index (χ1n) is 12.7. The molecule has 2 atom stereocenters. The molecule has 0 bridgehead atoms. The fourth-order valence-electron chi connectivity index (χ4n) is 3.72. The number of Topliss-reactive ketones (excluding diaryl/α,β-unsaturated/α-hetero) is 1. The Morgan fingerprint density at radius 1 is 0.821 bits per heavy atom. The number of nitrogens with one attached hydrogen (secondary N) is 4. The van der Waals surface area contributed by atoms with Crippen LogP contribution in [0.4, 0.5) is 4.79 Å². The second-order valence-corrected chi connectivity index (χ2v) is 10.6. The molecule has 0 spiro atoms. The molecule has 0 fully saturated rings. The number of hydrogen-bond acceptors (Lipinski definition) is 6. The predicted octanol–water partition coefficient (Wildman–Crippen LogP) is 3.30. The quantitative estimate of drug-likeness (QED) is 0.183. The molecule has 4 amide bonds. The molecule has 39 heavy (non-hydrogen) atoms. The molecular formula is C28H37IN4O6. The second kappa shape index (κ2) is 15.9. The van der Waals surface area contributed by atoms with Crippen molar-refractivity contribution in [1.82, 2.24) is 21.3 Å². The fourth-order valence-corrected chi connectivity index (χ4v) is 4.08. The number of halogens is 1. The van der Waals surface area contributed by atoms with Gasteiger partial charge in [-0.25, -0.2) is 4.79 Å². The van der Waals surface area contributed by atoms with Crippen LogP contribution >= 0.6 is 22.6 Å². The molecule has 0 aromatic heterocycles. The minimum absolute atomic E-state index is 0.0702. The number of benzene rings is 2. The highest BCUT2D eigenvalue weighted by molar-refractivity contribution is 14.1. The van der Waals surface area contributed by atoms with Gasteiger partial charge in [-0.1, -0.05) is 32.9 Å². The molecular weight excluding hydrogens is 615 g/mol. The van der Waals surface area contributed by atoms with Crippen molar-refractivity contribution in [3.8, 4) is 11.5 Å². The zero-order chi connectivity index (χ0) is 28.9. The van der Waals surface area contributed by atoms with Crippen molar-refractivity contribution in [2.45, 2.75) is 58.8 Å². The number of ether oxygens (including phenoxy) is 2. The van der Waals surface area contributed by atoms with Crippen LogP contribution in [-0.2, 0) is 27.5 Å². The topological polar surface area (TPSA) is 135 Å². The number of rotatable bonds is 14. The zero-order valence-electron chi connectivity index (χ0n) is 22.9. The van der Waals surface area contributed by atoms with Crippen molar-refractivity contribution in [3.63, 3.8) is 0 Å². The maximum atomic E-state index is 13.1. The molecule has 0 aliphatic heterocycles. The number of amides is 4. The molecule has 0 heterocycles. The third kappa shape index (κ3) is 10.7. The van der Waals surface area contributed by atoms with Gasteiger partial charge in [0, 0.05) is 22.7 Å². The van der Waals surface area contributed by atoms with E-state index in [0.717, 1.165) is 9.13 Å². The Hall–Kier alpha value is -3.35. The van der Waals surface area contributed by atoms with Gasteiger partial charge >= 0.3 is 6.03 Å². The third-order valence-corrected chi connectivity index (χ3v) is 6.54. The van der Waals surface area contributed by atoms with Gasteiger partial charge in [-0.2, -0.15) is 0 Å². The minimum atomic E-state index is -1.04. The lowest BCUT2D eigenvalue weighted by atomic mass is 10.0. The normalized spacial score (nSPS) is 12.2. The molecule has 2 aromatic carbocycles. The highest BCUT2D eigenvalue weighted by atomic mass is 127. The average Bonchev–Trinajstić information content (AvgIpc) is 2.92. The lowest BCUT2D eigenvalue weighted by Crippen LogP contribution is -2.55. The van der Waals surface area contributed by atoms with E-state index in [-0.39, 0.29) is 18.9 Å². The van der Waals surface area contributed by atoms with E-state index in [9.17, 15) is 19.2 Å². The van der Waals surface area contributed by atoms with Crippen LogP contribution in [0, 0.1) is 9.49 Å². The third-order valence-electron chi connectivity index (χ3n) is 5.82. The molecule has 0 radical (unpaired) electrons. The van der Waals surface area contributed by atoms with Gasteiger partial charge < -0.3 is 30.7 Å². The van der Waals surface area contributed by atoms with Crippen LogP contribution in [0.5, 0.6) is 11.5 Å². The number of methoxy groups -OCH3 is 2. The van der Waals surface area contributed by atoms with Crippen molar-refractivity contribution < 1.29 is 28.7 Å². The Labute approximate surface area is 243 Å². The molecule has 0 aliphatic carbocycles. The van der Waals surface area contributed by atoms with Gasteiger partial charge in [0.15, 0.2) is 0 Å². The van der Waals surface area contributed by atoms with Gasteiger partial charge in [-0.3, -0.25) is 14.4 Å². The molecule has 11 heteroatoms. The van der Waals surface area contributed by atoms with Gasteiger partial charge in [0.1, 0.15) is 17.5 Å². The predicted molar refractivity (Wildman–Crippen MR) is 156 cm³/mol. The van der Waals surface area contributed by atoms with Crippen LogP contribution in [0.2, 0.25) is 0 Å². The van der Waals surface area contributed by atoms with Crippen LogP contribution < -0.4 is 30.7 Å². The SMILES string of the molecule is CC[C@H](NC(=O)[C@H](CC(C)C)NC(=O)NCc1ccc(I)cc1)C(=O)C(=O)NCc1cc(OC)cc(OC)c1. The highest BCUT2D eigenvalue weighted by Gasteiger charge is 2.29. The van der Waals surface area contributed by atoms with E-state index in [2.05, 4.69) is 43.9 Å². The van der Waals surface area contributed by atoms with E-state index in [1.54, 1.807) is 25.1 Å². The Balaban J connectivity index is 1.97. The molecule has 10 nitrogen and oxygen atoms in total. The van der Waals surface area contributed by atoms with Crippen molar-refractivity contribution in [1.29, 1.82) is 0 Å². The lowest BCUT2D eigenvalue weighted by molar-refractivity contribution is -0.140. The maximum absolute atomic E-state index is 13.1. The summed E-state index contributed by atoms with van der Waals surface area (Å²) in [4.78, 5) is 51.1. The lowest BCUT2D eigenvalue weighted by Gasteiger charge is -2.23. The summed E-state index contributed by atoms with van der Waals surface area (Å²) >= 11 is 2.20. The Morgan fingerprint density at radius 3 is 1.95 bits per heavy atom. The summed E-state index contributed by atoms with van der Waals surface area (Å²) in [6, 6.07) is 10.4. The molecule has 4 N–H and O–H groups in total. The largest absolute Gasteiger partial charge is 0.497 e. The molecule has 2 aromatic rings. The highest BCUT2D eigenvalue weighted by Crippen LogP contribution is 2.22. The summed E-state index contributed by atoms with van der Waals surface area (Å²) < 4.78 is 11.5. The number of hydrogen-bond donors (Lipinski definition) is 4. The molecule has 212 valence electrons. The van der Waals surface area contributed by atoms with Crippen LogP contribution in [0.15, 0.2) is 42.5 Å². The summed E-state index contributed by atoms with van der Waals surface area (Å²) in [5.41, 5.74) is 1.60.